The average molecular weight is 338 g/mol. The Morgan fingerprint density at radius 1 is 1.30 bits per heavy atom. The molecular weight excluding hydrogens is 319 g/mol. The molecule has 1 fully saturated rings. The number of sulfonamides is 1. The van der Waals surface area contributed by atoms with E-state index in [2.05, 4.69) is 17.2 Å². The summed E-state index contributed by atoms with van der Waals surface area (Å²) in [4.78, 5) is 12.0. The van der Waals surface area contributed by atoms with Gasteiger partial charge in [0.2, 0.25) is 15.9 Å². The number of hydrogen-bond acceptors (Lipinski definition) is 3. The predicted octanol–water partition coefficient (Wildman–Crippen LogP) is 0.965. The first-order chi connectivity index (χ1) is 10.9. The zero-order chi connectivity index (χ0) is 16.9. The second-order valence-electron chi connectivity index (χ2n) is 5.46. The van der Waals surface area contributed by atoms with Gasteiger partial charge in [0.25, 0.3) is 0 Å². The highest BCUT2D eigenvalue weighted by atomic mass is 32.2. The topological polar surface area (TPSA) is 66.5 Å². The van der Waals surface area contributed by atoms with Crippen LogP contribution in [0.3, 0.4) is 0 Å². The van der Waals surface area contributed by atoms with Crippen molar-refractivity contribution in [2.45, 2.75) is 12.8 Å². The summed E-state index contributed by atoms with van der Waals surface area (Å²) in [5.41, 5.74) is 0.683. The Morgan fingerprint density at radius 3 is 2.48 bits per heavy atom. The molecule has 0 unspecified atom stereocenters. The van der Waals surface area contributed by atoms with Crippen molar-refractivity contribution in [3.63, 3.8) is 0 Å². The third kappa shape index (κ3) is 5.34. The van der Waals surface area contributed by atoms with Gasteiger partial charge in [-0.25, -0.2) is 17.1 Å². The molecule has 124 valence electrons. The fourth-order valence-electron chi connectivity index (χ4n) is 2.40. The van der Waals surface area contributed by atoms with Crippen LogP contribution in [0.25, 0.3) is 0 Å². The first kappa shape index (κ1) is 17.4. The van der Waals surface area contributed by atoms with E-state index < -0.39 is 10.0 Å². The standard InChI is InChI=1S/C16H19FN2O3S/c1-23(21,22)19-11-8-14(9-12-19)16(20)18-10-2-3-13-4-6-15(17)7-5-13/h4-7,14H,8-12H2,1H3,(H,18,20). The minimum atomic E-state index is -3.18. The fraction of sp³-hybridized carbons (Fsp3) is 0.438. The van der Waals surface area contributed by atoms with Crippen LogP contribution in [-0.4, -0.2) is 44.5 Å². The first-order valence-electron chi connectivity index (χ1n) is 7.33. The van der Waals surface area contributed by atoms with E-state index in [0.717, 1.165) is 0 Å². The Morgan fingerprint density at radius 2 is 1.91 bits per heavy atom. The lowest BCUT2D eigenvalue weighted by Gasteiger charge is -2.29. The molecule has 2 rings (SSSR count). The van der Waals surface area contributed by atoms with E-state index >= 15 is 0 Å². The van der Waals surface area contributed by atoms with Crippen molar-refractivity contribution in [1.82, 2.24) is 9.62 Å². The highest BCUT2D eigenvalue weighted by molar-refractivity contribution is 7.88. The van der Waals surface area contributed by atoms with Crippen LogP contribution in [0.2, 0.25) is 0 Å². The van der Waals surface area contributed by atoms with Gasteiger partial charge in [-0.05, 0) is 37.1 Å². The maximum absolute atomic E-state index is 12.7. The van der Waals surface area contributed by atoms with Crippen molar-refractivity contribution in [2.24, 2.45) is 5.92 Å². The number of nitrogens with one attached hydrogen (secondary N) is 1. The number of carbonyl (C=O) groups excluding carboxylic acids is 1. The summed E-state index contributed by atoms with van der Waals surface area (Å²) in [6, 6.07) is 5.81. The van der Waals surface area contributed by atoms with Crippen LogP contribution in [0.1, 0.15) is 18.4 Å². The normalized spacial score (nSPS) is 16.4. The molecule has 1 heterocycles. The van der Waals surface area contributed by atoms with E-state index in [9.17, 15) is 17.6 Å². The zero-order valence-electron chi connectivity index (χ0n) is 12.9. The molecule has 5 nitrogen and oxygen atoms in total. The van der Waals surface area contributed by atoms with Crippen molar-refractivity contribution in [3.05, 3.63) is 35.6 Å². The van der Waals surface area contributed by atoms with Gasteiger partial charge in [0, 0.05) is 24.6 Å². The number of rotatable bonds is 3. The minimum Gasteiger partial charge on any atom is -0.345 e. The predicted molar refractivity (Wildman–Crippen MR) is 85.4 cm³/mol. The number of benzene rings is 1. The smallest absolute Gasteiger partial charge is 0.223 e. The van der Waals surface area contributed by atoms with E-state index in [0.29, 0.717) is 31.5 Å². The van der Waals surface area contributed by atoms with E-state index in [4.69, 9.17) is 0 Å². The van der Waals surface area contributed by atoms with E-state index in [1.54, 1.807) is 12.1 Å². The van der Waals surface area contributed by atoms with E-state index in [1.807, 2.05) is 0 Å². The van der Waals surface area contributed by atoms with Crippen molar-refractivity contribution >= 4 is 15.9 Å². The van der Waals surface area contributed by atoms with Gasteiger partial charge in [0.05, 0.1) is 12.8 Å². The quantitative estimate of drug-likeness (QED) is 0.835. The monoisotopic (exact) mass is 338 g/mol. The molecular formula is C16H19FN2O3S. The van der Waals surface area contributed by atoms with Gasteiger partial charge in [0.15, 0.2) is 0 Å². The molecule has 0 aliphatic carbocycles. The SMILES string of the molecule is CS(=O)(=O)N1CCC(C(=O)NCC#Cc2ccc(F)cc2)CC1. The molecule has 0 bridgehead atoms. The summed E-state index contributed by atoms with van der Waals surface area (Å²) in [5.74, 6) is 5.05. The number of hydrogen-bond donors (Lipinski definition) is 1. The lowest BCUT2D eigenvalue weighted by Crippen LogP contribution is -2.42. The Hall–Kier alpha value is -1.91. The molecule has 1 saturated heterocycles. The molecule has 7 heteroatoms. The van der Waals surface area contributed by atoms with Crippen LogP contribution in [0, 0.1) is 23.6 Å². The fourth-order valence-corrected chi connectivity index (χ4v) is 3.28. The highest BCUT2D eigenvalue weighted by Crippen LogP contribution is 2.19. The largest absolute Gasteiger partial charge is 0.345 e. The molecule has 0 radical (unpaired) electrons. The van der Waals surface area contributed by atoms with Crippen LogP contribution >= 0.6 is 0 Å². The Balaban J connectivity index is 1.77. The van der Waals surface area contributed by atoms with Crippen molar-refractivity contribution in [1.29, 1.82) is 0 Å². The van der Waals surface area contributed by atoms with Gasteiger partial charge in [-0.3, -0.25) is 4.79 Å². The summed E-state index contributed by atoms with van der Waals surface area (Å²) in [7, 11) is -3.18. The lowest BCUT2D eigenvalue weighted by molar-refractivity contribution is -0.125. The molecule has 1 aromatic carbocycles. The van der Waals surface area contributed by atoms with Crippen molar-refractivity contribution in [3.8, 4) is 11.8 Å². The maximum Gasteiger partial charge on any atom is 0.223 e. The van der Waals surface area contributed by atoms with Gasteiger partial charge in [-0.1, -0.05) is 11.8 Å². The summed E-state index contributed by atoms with van der Waals surface area (Å²) in [6.07, 6.45) is 2.22. The van der Waals surface area contributed by atoms with Gasteiger partial charge >= 0.3 is 0 Å². The molecule has 0 aromatic heterocycles. The van der Waals surface area contributed by atoms with Gasteiger partial charge in [-0.15, -0.1) is 0 Å². The van der Waals surface area contributed by atoms with Crippen LogP contribution < -0.4 is 5.32 Å². The lowest BCUT2D eigenvalue weighted by atomic mass is 9.97. The van der Waals surface area contributed by atoms with Gasteiger partial charge < -0.3 is 5.32 Å². The number of halogens is 1. The average Bonchev–Trinajstić information content (AvgIpc) is 2.52. The molecule has 0 atom stereocenters. The second kappa shape index (κ2) is 7.57. The zero-order valence-corrected chi connectivity index (χ0v) is 13.7. The molecule has 0 saturated carbocycles. The number of amides is 1. The minimum absolute atomic E-state index is 0.105. The molecule has 1 aliphatic rings. The molecule has 1 aromatic rings. The summed E-state index contributed by atoms with van der Waals surface area (Å²) >= 11 is 0. The second-order valence-corrected chi connectivity index (χ2v) is 7.45. The van der Waals surface area contributed by atoms with Crippen LogP contribution in [-0.2, 0) is 14.8 Å². The molecule has 23 heavy (non-hydrogen) atoms. The van der Waals surface area contributed by atoms with Crippen LogP contribution in [0.15, 0.2) is 24.3 Å². The maximum atomic E-state index is 12.7. The van der Waals surface area contributed by atoms with E-state index in [1.165, 1.54) is 22.7 Å². The van der Waals surface area contributed by atoms with Crippen LogP contribution in [0.5, 0.6) is 0 Å². The van der Waals surface area contributed by atoms with Gasteiger partial charge in [0.1, 0.15) is 5.82 Å². The van der Waals surface area contributed by atoms with Gasteiger partial charge in [-0.2, -0.15) is 0 Å². The molecule has 0 spiro atoms. The summed E-state index contributed by atoms with van der Waals surface area (Å²) in [5, 5.41) is 2.73. The number of nitrogens with zero attached hydrogens (tertiary/aromatic N) is 1. The third-order valence-electron chi connectivity index (χ3n) is 3.72. The molecule has 1 N–H and O–H groups in total. The highest BCUT2D eigenvalue weighted by Gasteiger charge is 2.28. The van der Waals surface area contributed by atoms with Crippen molar-refractivity contribution < 1.29 is 17.6 Å². The molecule has 1 aliphatic heterocycles. The van der Waals surface area contributed by atoms with Crippen molar-refractivity contribution in [2.75, 3.05) is 25.9 Å². The van der Waals surface area contributed by atoms with Crippen LogP contribution in [0.4, 0.5) is 4.39 Å². The Kier molecular flexibility index (Phi) is 5.74. The van der Waals surface area contributed by atoms with E-state index in [-0.39, 0.29) is 24.2 Å². The summed E-state index contributed by atoms with van der Waals surface area (Å²) in [6.45, 7) is 0.957. The third-order valence-corrected chi connectivity index (χ3v) is 5.02. The Bertz CT molecular complexity index is 712. The number of carbonyl (C=O) groups is 1. The molecule has 1 amide bonds. The first-order valence-corrected chi connectivity index (χ1v) is 9.18. The number of piperidine rings is 1. The summed E-state index contributed by atoms with van der Waals surface area (Å²) < 4.78 is 37.0. The Labute approximate surface area is 135 Å².